The van der Waals surface area contributed by atoms with Gasteiger partial charge in [0.2, 0.25) is 0 Å². The Morgan fingerprint density at radius 2 is 2.03 bits per heavy atom. The second-order valence-electron chi connectivity index (χ2n) is 7.42. The lowest BCUT2D eigenvalue weighted by atomic mass is 10.2. The number of aromatic nitrogens is 3. The van der Waals surface area contributed by atoms with Crippen LogP contribution in [0.3, 0.4) is 0 Å². The maximum absolute atomic E-state index is 5.80. The van der Waals surface area contributed by atoms with Gasteiger partial charge in [-0.3, -0.25) is 4.99 Å². The Hall–Kier alpha value is -1.84. The molecule has 0 saturated carbocycles. The van der Waals surface area contributed by atoms with Crippen LogP contribution in [-0.4, -0.2) is 58.9 Å². The summed E-state index contributed by atoms with van der Waals surface area (Å²) in [6, 6.07) is 9.92. The van der Waals surface area contributed by atoms with Crippen LogP contribution in [0.4, 0.5) is 0 Å². The first-order valence-corrected chi connectivity index (χ1v) is 10.9. The van der Waals surface area contributed by atoms with Gasteiger partial charge in [0, 0.05) is 39.5 Å². The van der Waals surface area contributed by atoms with E-state index in [1.807, 2.05) is 37.4 Å². The van der Waals surface area contributed by atoms with E-state index in [4.69, 9.17) is 9.73 Å². The van der Waals surface area contributed by atoms with Crippen molar-refractivity contribution < 1.29 is 4.74 Å². The average molecular weight is 526 g/mol. The minimum atomic E-state index is 0. The Balaban J connectivity index is 0.00000320. The highest BCUT2D eigenvalue weighted by atomic mass is 127. The van der Waals surface area contributed by atoms with E-state index in [-0.39, 0.29) is 24.0 Å². The first-order valence-electron chi connectivity index (χ1n) is 10.9. The molecule has 8 heteroatoms. The van der Waals surface area contributed by atoms with Gasteiger partial charge in [-0.1, -0.05) is 24.6 Å². The predicted molar refractivity (Wildman–Crippen MR) is 132 cm³/mol. The van der Waals surface area contributed by atoms with E-state index in [0.29, 0.717) is 6.61 Å². The molecule has 7 nitrogen and oxygen atoms in total. The van der Waals surface area contributed by atoms with Crippen molar-refractivity contribution in [1.29, 1.82) is 0 Å². The van der Waals surface area contributed by atoms with Crippen molar-refractivity contribution in [1.82, 2.24) is 25.0 Å². The first kappa shape index (κ1) is 24.4. The molecule has 1 aliphatic rings. The molecule has 0 radical (unpaired) electrons. The lowest BCUT2D eigenvalue weighted by Gasteiger charge is -2.22. The zero-order chi connectivity index (χ0) is 20.3. The Kier molecular flexibility index (Phi) is 11.0. The van der Waals surface area contributed by atoms with E-state index < -0.39 is 0 Å². The van der Waals surface area contributed by atoms with Gasteiger partial charge >= 0.3 is 0 Å². The van der Waals surface area contributed by atoms with Gasteiger partial charge in [0.05, 0.1) is 6.54 Å². The summed E-state index contributed by atoms with van der Waals surface area (Å²) in [5.41, 5.74) is 0. The maximum Gasteiger partial charge on any atom is 0.193 e. The molecular weight excluding hydrogens is 491 g/mol. The summed E-state index contributed by atoms with van der Waals surface area (Å²) in [6.45, 7) is 6.17. The van der Waals surface area contributed by atoms with Crippen molar-refractivity contribution in [2.75, 3.05) is 33.3 Å². The topological polar surface area (TPSA) is 67.6 Å². The third-order valence-corrected chi connectivity index (χ3v) is 5.14. The maximum atomic E-state index is 5.80. The summed E-state index contributed by atoms with van der Waals surface area (Å²) in [6.07, 6.45) is 6.72. The molecule has 2 heterocycles. The van der Waals surface area contributed by atoms with Gasteiger partial charge in [-0.05, 0) is 38.3 Å². The standard InChI is InChI=1S/C22H34N6O.HI/c1-3-23-22(27(2)17-18-29-19-11-6-4-7-12-19)24-15-10-14-21-26-25-20-13-8-5-9-16-28(20)21;/h4,6-7,11-12H,3,5,8-10,13-18H2,1-2H3,(H,23,24);1H. The van der Waals surface area contributed by atoms with E-state index in [0.717, 1.165) is 68.8 Å². The lowest BCUT2D eigenvalue weighted by molar-refractivity contribution is 0.281. The van der Waals surface area contributed by atoms with Crippen LogP contribution in [0.15, 0.2) is 35.3 Å². The van der Waals surface area contributed by atoms with Crippen LogP contribution in [0.25, 0.3) is 0 Å². The molecule has 0 saturated heterocycles. The van der Waals surface area contributed by atoms with Gasteiger partial charge in [0.1, 0.15) is 24.0 Å². The number of para-hydroxylation sites is 1. The number of likely N-dealkylation sites (N-methyl/N-ethyl adjacent to an activating group) is 1. The highest BCUT2D eigenvalue weighted by Gasteiger charge is 2.14. The molecular formula is C22H35IN6O. The zero-order valence-corrected chi connectivity index (χ0v) is 20.5. The third-order valence-electron chi connectivity index (χ3n) is 5.14. The van der Waals surface area contributed by atoms with Gasteiger partial charge in [-0.15, -0.1) is 34.2 Å². The van der Waals surface area contributed by atoms with E-state index in [1.165, 1.54) is 19.3 Å². The fourth-order valence-corrected chi connectivity index (χ4v) is 3.55. The average Bonchev–Trinajstić information content (AvgIpc) is 2.97. The second kappa shape index (κ2) is 13.5. The number of hydrogen-bond donors (Lipinski definition) is 1. The number of rotatable bonds is 9. The van der Waals surface area contributed by atoms with Gasteiger partial charge in [0.15, 0.2) is 5.96 Å². The van der Waals surface area contributed by atoms with Crippen LogP contribution in [0, 0.1) is 0 Å². The van der Waals surface area contributed by atoms with Gasteiger partial charge in [-0.25, -0.2) is 0 Å². The molecule has 1 N–H and O–H groups in total. The van der Waals surface area contributed by atoms with E-state index in [1.54, 1.807) is 0 Å². The molecule has 30 heavy (non-hydrogen) atoms. The van der Waals surface area contributed by atoms with Gasteiger partial charge in [-0.2, -0.15) is 0 Å². The zero-order valence-electron chi connectivity index (χ0n) is 18.2. The summed E-state index contributed by atoms with van der Waals surface area (Å²) in [5.74, 6) is 4.10. The van der Waals surface area contributed by atoms with Crippen molar-refractivity contribution >= 4 is 29.9 Å². The van der Waals surface area contributed by atoms with Gasteiger partial charge < -0.3 is 19.5 Å². The quantitative estimate of drug-likeness (QED) is 0.235. The monoisotopic (exact) mass is 526 g/mol. The highest BCUT2D eigenvalue weighted by molar-refractivity contribution is 14.0. The number of halogens is 1. The van der Waals surface area contributed by atoms with Gasteiger partial charge in [0.25, 0.3) is 0 Å². The number of benzene rings is 1. The number of guanidine groups is 1. The summed E-state index contributed by atoms with van der Waals surface area (Å²) in [7, 11) is 2.05. The third kappa shape index (κ3) is 7.45. The van der Waals surface area contributed by atoms with Crippen LogP contribution >= 0.6 is 24.0 Å². The number of aliphatic imine (C=N–C) groups is 1. The van der Waals surface area contributed by atoms with Crippen molar-refractivity contribution in [3.05, 3.63) is 42.0 Å². The molecule has 2 aromatic rings. The molecule has 0 spiro atoms. The molecule has 0 aliphatic carbocycles. The fraction of sp³-hybridized carbons (Fsp3) is 0.591. The Morgan fingerprint density at radius 1 is 1.20 bits per heavy atom. The summed E-state index contributed by atoms with van der Waals surface area (Å²) in [4.78, 5) is 6.91. The number of aryl methyl sites for hydroxylation is 2. The number of ether oxygens (including phenoxy) is 1. The molecule has 166 valence electrons. The molecule has 1 aliphatic heterocycles. The van der Waals surface area contributed by atoms with Crippen LogP contribution in [-0.2, 0) is 19.4 Å². The number of hydrogen-bond acceptors (Lipinski definition) is 4. The Morgan fingerprint density at radius 3 is 2.83 bits per heavy atom. The largest absolute Gasteiger partial charge is 0.492 e. The highest BCUT2D eigenvalue weighted by Crippen LogP contribution is 2.15. The SMILES string of the molecule is CCNC(=NCCCc1nnc2n1CCCCC2)N(C)CCOc1ccccc1.I. The van der Waals surface area contributed by atoms with Crippen molar-refractivity contribution in [3.8, 4) is 5.75 Å². The summed E-state index contributed by atoms with van der Waals surface area (Å²) in [5, 5.41) is 12.2. The van der Waals surface area contributed by atoms with Crippen molar-refractivity contribution in [2.24, 2.45) is 4.99 Å². The molecule has 0 atom stereocenters. The van der Waals surface area contributed by atoms with Crippen molar-refractivity contribution in [3.63, 3.8) is 0 Å². The number of nitrogens with zero attached hydrogens (tertiary/aromatic N) is 5. The predicted octanol–water partition coefficient (Wildman–Crippen LogP) is 3.53. The number of fused-ring (bicyclic) bond motifs is 1. The lowest BCUT2D eigenvalue weighted by Crippen LogP contribution is -2.41. The first-order chi connectivity index (χ1) is 14.3. The van der Waals surface area contributed by atoms with Crippen LogP contribution in [0.1, 0.15) is 44.3 Å². The molecule has 0 fully saturated rings. The molecule has 0 amide bonds. The minimum absolute atomic E-state index is 0. The Bertz CT molecular complexity index is 764. The smallest absolute Gasteiger partial charge is 0.193 e. The normalized spacial score (nSPS) is 13.7. The van der Waals surface area contributed by atoms with Crippen molar-refractivity contribution in [2.45, 2.75) is 52.0 Å². The van der Waals surface area contributed by atoms with E-state index >= 15 is 0 Å². The fourth-order valence-electron chi connectivity index (χ4n) is 3.55. The molecule has 1 aromatic heterocycles. The van der Waals surface area contributed by atoms with Crippen LogP contribution in [0.2, 0.25) is 0 Å². The minimum Gasteiger partial charge on any atom is -0.492 e. The molecule has 0 unspecified atom stereocenters. The van der Waals surface area contributed by atoms with E-state index in [9.17, 15) is 0 Å². The van der Waals surface area contributed by atoms with Crippen LogP contribution in [0.5, 0.6) is 5.75 Å². The molecule has 0 bridgehead atoms. The van der Waals surface area contributed by atoms with E-state index in [2.05, 4.69) is 31.9 Å². The number of nitrogens with one attached hydrogen (secondary N) is 1. The summed E-state index contributed by atoms with van der Waals surface area (Å²) >= 11 is 0. The Labute approximate surface area is 197 Å². The summed E-state index contributed by atoms with van der Waals surface area (Å²) < 4.78 is 8.13. The molecule has 3 rings (SSSR count). The molecule has 1 aromatic carbocycles. The second-order valence-corrected chi connectivity index (χ2v) is 7.42. The van der Waals surface area contributed by atoms with Crippen LogP contribution < -0.4 is 10.1 Å².